The van der Waals surface area contributed by atoms with Crippen molar-refractivity contribution in [3.8, 4) is 0 Å². The van der Waals surface area contributed by atoms with Crippen LogP contribution in [0.3, 0.4) is 0 Å². The van der Waals surface area contributed by atoms with Gasteiger partial charge < -0.3 is 5.32 Å². The van der Waals surface area contributed by atoms with E-state index in [4.69, 9.17) is 0 Å². The molecule has 0 spiro atoms. The van der Waals surface area contributed by atoms with Gasteiger partial charge in [0.15, 0.2) is 0 Å². The number of piperidine rings is 1. The Kier molecular flexibility index (Phi) is 4.75. The van der Waals surface area contributed by atoms with Crippen LogP contribution in [-0.2, 0) is 6.54 Å². The van der Waals surface area contributed by atoms with E-state index in [1.807, 2.05) is 12.4 Å². The van der Waals surface area contributed by atoms with Crippen molar-refractivity contribution in [1.82, 2.24) is 14.9 Å². The van der Waals surface area contributed by atoms with Crippen LogP contribution in [0, 0.1) is 11.8 Å². The van der Waals surface area contributed by atoms with Crippen molar-refractivity contribution in [1.29, 1.82) is 0 Å². The first kappa shape index (κ1) is 14.3. The second-order valence-electron chi connectivity index (χ2n) is 5.91. The maximum atomic E-state index is 4.51. The molecular formula is C15H26N4. The fourth-order valence-corrected chi connectivity index (χ4v) is 2.96. The SMILES string of the molecule is CCNc1cnc(CN2CC(C)CC(C)C2C)cn1. The minimum Gasteiger partial charge on any atom is -0.369 e. The standard InChI is InChI=1S/C15H26N4/c1-5-16-15-8-17-14(7-18-15)10-19-9-11(2)6-12(3)13(19)4/h7-8,11-13H,5-6,9-10H2,1-4H3,(H,16,18). The van der Waals surface area contributed by atoms with Crippen LogP contribution >= 0.6 is 0 Å². The zero-order chi connectivity index (χ0) is 13.8. The quantitative estimate of drug-likeness (QED) is 0.906. The Bertz CT molecular complexity index is 390. The van der Waals surface area contributed by atoms with Crippen LogP contribution in [0.2, 0.25) is 0 Å². The average Bonchev–Trinajstić information content (AvgIpc) is 2.38. The Hall–Kier alpha value is -1.16. The fourth-order valence-electron chi connectivity index (χ4n) is 2.96. The molecule has 0 radical (unpaired) electrons. The highest BCUT2D eigenvalue weighted by atomic mass is 15.2. The predicted octanol–water partition coefficient (Wildman–Crippen LogP) is 2.77. The molecule has 3 unspecified atom stereocenters. The number of nitrogens with zero attached hydrogens (tertiary/aromatic N) is 3. The van der Waals surface area contributed by atoms with Gasteiger partial charge in [0.05, 0.1) is 18.1 Å². The molecule has 0 amide bonds. The molecular weight excluding hydrogens is 236 g/mol. The number of hydrogen-bond donors (Lipinski definition) is 1. The van der Waals surface area contributed by atoms with E-state index in [1.54, 1.807) is 0 Å². The van der Waals surface area contributed by atoms with Crippen LogP contribution < -0.4 is 5.32 Å². The second-order valence-corrected chi connectivity index (χ2v) is 5.91. The summed E-state index contributed by atoms with van der Waals surface area (Å²) in [5.74, 6) is 2.40. The van der Waals surface area contributed by atoms with E-state index in [0.717, 1.165) is 36.4 Å². The lowest BCUT2D eigenvalue weighted by Crippen LogP contribution is -2.45. The largest absolute Gasteiger partial charge is 0.369 e. The molecule has 3 atom stereocenters. The van der Waals surface area contributed by atoms with Crippen LogP contribution in [0.15, 0.2) is 12.4 Å². The summed E-state index contributed by atoms with van der Waals surface area (Å²) in [6.07, 6.45) is 5.07. The van der Waals surface area contributed by atoms with Crippen molar-refractivity contribution in [3.05, 3.63) is 18.1 Å². The van der Waals surface area contributed by atoms with Gasteiger partial charge >= 0.3 is 0 Å². The first-order chi connectivity index (χ1) is 9.10. The molecule has 4 heteroatoms. The number of rotatable bonds is 4. The zero-order valence-electron chi connectivity index (χ0n) is 12.6. The van der Waals surface area contributed by atoms with Crippen molar-refractivity contribution in [2.24, 2.45) is 11.8 Å². The van der Waals surface area contributed by atoms with Gasteiger partial charge in [0.2, 0.25) is 0 Å². The van der Waals surface area contributed by atoms with Gasteiger partial charge in [-0.1, -0.05) is 13.8 Å². The molecule has 0 saturated carbocycles. The molecule has 1 aromatic heterocycles. The van der Waals surface area contributed by atoms with Crippen molar-refractivity contribution in [3.63, 3.8) is 0 Å². The molecule has 1 aliphatic rings. The van der Waals surface area contributed by atoms with Crippen molar-refractivity contribution < 1.29 is 0 Å². The highest BCUT2D eigenvalue weighted by molar-refractivity contribution is 5.30. The number of likely N-dealkylation sites (tertiary alicyclic amines) is 1. The number of anilines is 1. The molecule has 106 valence electrons. The highest BCUT2D eigenvalue weighted by Crippen LogP contribution is 2.27. The first-order valence-corrected chi connectivity index (χ1v) is 7.39. The maximum absolute atomic E-state index is 4.51. The van der Waals surface area contributed by atoms with Gasteiger partial charge in [-0.2, -0.15) is 0 Å². The van der Waals surface area contributed by atoms with E-state index in [2.05, 4.69) is 47.9 Å². The third-order valence-electron chi connectivity index (χ3n) is 4.15. The molecule has 1 N–H and O–H groups in total. The van der Waals surface area contributed by atoms with Crippen LogP contribution in [0.5, 0.6) is 0 Å². The second kappa shape index (κ2) is 6.33. The van der Waals surface area contributed by atoms with E-state index in [0.29, 0.717) is 6.04 Å². The summed E-state index contributed by atoms with van der Waals surface area (Å²) < 4.78 is 0. The Balaban J connectivity index is 1.99. The molecule has 1 saturated heterocycles. The lowest BCUT2D eigenvalue weighted by molar-refractivity contribution is 0.0717. The smallest absolute Gasteiger partial charge is 0.144 e. The lowest BCUT2D eigenvalue weighted by atomic mass is 9.86. The Morgan fingerprint density at radius 3 is 2.68 bits per heavy atom. The minimum atomic E-state index is 0.631. The maximum Gasteiger partial charge on any atom is 0.144 e. The summed E-state index contributed by atoms with van der Waals surface area (Å²) in [5.41, 5.74) is 1.06. The zero-order valence-corrected chi connectivity index (χ0v) is 12.6. The third-order valence-corrected chi connectivity index (χ3v) is 4.15. The lowest BCUT2D eigenvalue weighted by Gasteiger charge is -2.40. The Morgan fingerprint density at radius 2 is 2.05 bits per heavy atom. The molecule has 1 fully saturated rings. The van der Waals surface area contributed by atoms with Crippen LogP contribution in [-0.4, -0.2) is 34.0 Å². The van der Waals surface area contributed by atoms with E-state index < -0.39 is 0 Å². The molecule has 0 aromatic carbocycles. The molecule has 1 aromatic rings. The van der Waals surface area contributed by atoms with Gasteiger partial charge in [0, 0.05) is 25.7 Å². The van der Waals surface area contributed by atoms with E-state index in [9.17, 15) is 0 Å². The van der Waals surface area contributed by atoms with E-state index in [1.165, 1.54) is 13.0 Å². The van der Waals surface area contributed by atoms with Crippen molar-refractivity contribution in [2.45, 2.75) is 46.7 Å². The summed E-state index contributed by atoms with van der Waals surface area (Å²) in [6.45, 7) is 12.1. The van der Waals surface area contributed by atoms with Gasteiger partial charge in [-0.3, -0.25) is 9.88 Å². The highest BCUT2D eigenvalue weighted by Gasteiger charge is 2.28. The van der Waals surface area contributed by atoms with Crippen LogP contribution in [0.25, 0.3) is 0 Å². The molecule has 0 aliphatic carbocycles. The van der Waals surface area contributed by atoms with Crippen LogP contribution in [0.4, 0.5) is 5.82 Å². The monoisotopic (exact) mass is 262 g/mol. The summed E-state index contributed by atoms with van der Waals surface area (Å²) in [4.78, 5) is 11.4. The Labute approximate surface area is 116 Å². The van der Waals surface area contributed by atoms with Crippen molar-refractivity contribution in [2.75, 3.05) is 18.4 Å². The van der Waals surface area contributed by atoms with Gasteiger partial charge in [-0.25, -0.2) is 4.98 Å². The van der Waals surface area contributed by atoms with Crippen molar-refractivity contribution >= 4 is 5.82 Å². The molecule has 1 aliphatic heterocycles. The van der Waals surface area contributed by atoms with Gasteiger partial charge in [-0.05, 0) is 32.1 Å². The summed E-state index contributed by atoms with van der Waals surface area (Å²) in [6, 6.07) is 0.631. The van der Waals surface area contributed by atoms with Crippen LogP contribution in [0.1, 0.15) is 39.8 Å². The number of hydrogen-bond acceptors (Lipinski definition) is 4. The first-order valence-electron chi connectivity index (χ1n) is 7.39. The van der Waals surface area contributed by atoms with E-state index in [-0.39, 0.29) is 0 Å². The van der Waals surface area contributed by atoms with Gasteiger partial charge in [-0.15, -0.1) is 0 Å². The Morgan fingerprint density at radius 1 is 1.26 bits per heavy atom. The normalized spacial score (nSPS) is 28.3. The van der Waals surface area contributed by atoms with Gasteiger partial charge in [0.1, 0.15) is 5.82 Å². The predicted molar refractivity (Wildman–Crippen MR) is 79.0 cm³/mol. The molecule has 4 nitrogen and oxygen atoms in total. The van der Waals surface area contributed by atoms with Gasteiger partial charge in [0.25, 0.3) is 0 Å². The summed E-state index contributed by atoms with van der Waals surface area (Å²) >= 11 is 0. The molecule has 0 bridgehead atoms. The van der Waals surface area contributed by atoms with E-state index >= 15 is 0 Å². The third kappa shape index (κ3) is 3.66. The molecule has 19 heavy (non-hydrogen) atoms. The number of nitrogens with one attached hydrogen (secondary N) is 1. The summed E-state index contributed by atoms with van der Waals surface area (Å²) in [5, 5.41) is 3.17. The topological polar surface area (TPSA) is 41.1 Å². The number of aromatic nitrogens is 2. The average molecular weight is 262 g/mol. The summed E-state index contributed by atoms with van der Waals surface area (Å²) in [7, 11) is 0. The molecule has 2 rings (SSSR count). The fraction of sp³-hybridized carbons (Fsp3) is 0.733. The molecule has 2 heterocycles. The minimum absolute atomic E-state index is 0.631.